The van der Waals surface area contributed by atoms with Gasteiger partial charge in [0.1, 0.15) is 0 Å². The maximum absolute atomic E-state index is 10.2. The highest BCUT2D eigenvalue weighted by molar-refractivity contribution is 5.32. The summed E-state index contributed by atoms with van der Waals surface area (Å²) in [7, 11) is 0. The molecule has 0 saturated carbocycles. The standard InChI is InChI=1S/C15H20N2O/c1-11-8-17(9-12(11)2)10-15(18)14-5-3-13(7-16)4-6-14/h3-6,11-12,15,18H,8-10H2,1-2H3. The molecule has 0 radical (unpaired) electrons. The van der Waals surface area contributed by atoms with Gasteiger partial charge in [-0.15, -0.1) is 0 Å². The molecule has 0 aliphatic carbocycles. The summed E-state index contributed by atoms with van der Waals surface area (Å²) in [5.41, 5.74) is 1.52. The average molecular weight is 244 g/mol. The van der Waals surface area contributed by atoms with E-state index in [1.165, 1.54) is 0 Å². The zero-order valence-corrected chi connectivity index (χ0v) is 11.0. The van der Waals surface area contributed by atoms with Gasteiger partial charge < -0.3 is 5.11 Å². The number of nitrogens with zero attached hydrogens (tertiary/aromatic N) is 2. The lowest BCUT2D eigenvalue weighted by Gasteiger charge is -2.20. The first-order valence-electron chi connectivity index (χ1n) is 6.50. The van der Waals surface area contributed by atoms with Crippen molar-refractivity contribution in [3.8, 4) is 6.07 Å². The number of likely N-dealkylation sites (tertiary alicyclic amines) is 1. The van der Waals surface area contributed by atoms with Crippen molar-refractivity contribution in [2.24, 2.45) is 11.8 Å². The zero-order valence-electron chi connectivity index (χ0n) is 11.0. The molecule has 1 heterocycles. The molecule has 1 N–H and O–H groups in total. The first-order valence-corrected chi connectivity index (χ1v) is 6.50. The van der Waals surface area contributed by atoms with Crippen LogP contribution in [0.3, 0.4) is 0 Å². The van der Waals surface area contributed by atoms with Crippen LogP contribution in [0.2, 0.25) is 0 Å². The van der Waals surface area contributed by atoms with Gasteiger partial charge in [0.15, 0.2) is 0 Å². The monoisotopic (exact) mass is 244 g/mol. The van der Waals surface area contributed by atoms with E-state index < -0.39 is 6.10 Å². The molecule has 3 unspecified atom stereocenters. The Morgan fingerprint density at radius 2 is 1.83 bits per heavy atom. The molecule has 0 spiro atoms. The van der Waals surface area contributed by atoms with Crippen LogP contribution in [0.4, 0.5) is 0 Å². The lowest BCUT2D eigenvalue weighted by Crippen LogP contribution is -2.26. The normalized spacial score (nSPS) is 25.9. The van der Waals surface area contributed by atoms with Gasteiger partial charge >= 0.3 is 0 Å². The number of benzene rings is 1. The van der Waals surface area contributed by atoms with Gasteiger partial charge in [-0.25, -0.2) is 0 Å². The number of β-amino-alcohol motifs (C(OH)–C–C–N with tert-alkyl or cyclic N) is 1. The number of aliphatic hydroxyl groups excluding tert-OH is 1. The lowest BCUT2D eigenvalue weighted by atomic mass is 10.0. The summed E-state index contributed by atoms with van der Waals surface area (Å²) in [5, 5.41) is 18.9. The average Bonchev–Trinajstić information content (AvgIpc) is 2.68. The van der Waals surface area contributed by atoms with Gasteiger partial charge in [0.25, 0.3) is 0 Å². The van der Waals surface area contributed by atoms with Crippen molar-refractivity contribution in [2.45, 2.75) is 20.0 Å². The highest BCUT2D eigenvalue weighted by Crippen LogP contribution is 2.24. The van der Waals surface area contributed by atoms with Crippen LogP contribution in [-0.4, -0.2) is 29.6 Å². The zero-order chi connectivity index (χ0) is 13.1. The third-order valence-electron chi connectivity index (χ3n) is 3.92. The van der Waals surface area contributed by atoms with Crippen molar-refractivity contribution in [1.29, 1.82) is 5.26 Å². The molecular weight excluding hydrogens is 224 g/mol. The number of nitriles is 1. The van der Waals surface area contributed by atoms with Crippen LogP contribution >= 0.6 is 0 Å². The Hall–Kier alpha value is -1.37. The molecule has 1 fully saturated rings. The predicted molar refractivity (Wildman–Crippen MR) is 70.9 cm³/mol. The minimum Gasteiger partial charge on any atom is -0.387 e. The van der Waals surface area contributed by atoms with Gasteiger partial charge in [-0.05, 0) is 29.5 Å². The SMILES string of the molecule is CC1CN(CC(O)c2ccc(C#N)cc2)CC1C. The van der Waals surface area contributed by atoms with E-state index in [1.54, 1.807) is 12.1 Å². The number of rotatable bonds is 3. The third kappa shape index (κ3) is 2.90. The molecule has 96 valence electrons. The van der Waals surface area contributed by atoms with Crippen molar-refractivity contribution in [3.05, 3.63) is 35.4 Å². The van der Waals surface area contributed by atoms with Crippen LogP contribution in [0, 0.1) is 23.2 Å². The Bertz CT molecular complexity index is 425. The molecule has 0 bridgehead atoms. The maximum atomic E-state index is 10.2. The van der Waals surface area contributed by atoms with Crippen LogP contribution in [0.15, 0.2) is 24.3 Å². The van der Waals surface area contributed by atoms with E-state index in [1.807, 2.05) is 12.1 Å². The third-order valence-corrected chi connectivity index (χ3v) is 3.92. The fraction of sp³-hybridized carbons (Fsp3) is 0.533. The van der Waals surface area contributed by atoms with Crippen LogP contribution in [0.5, 0.6) is 0 Å². The second kappa shape index (κ2) is 5.51. The summed E-state index contributed by atoms with van der Waals surface area (Å²) < 4.78 is 0. The largest absolute Gasteiger partial charge is 0.387 e. The van der Waals surface area contributed by atoms with Crippen molar-refractivity contribution >= 4 is 0 Å². The second-order valence-corrected chi connectivity index (χ2v) is 5.42. The first kappa shape index (κ1) is 13.1. The van der Waals surface area contributed by atoms with Gasteiger partial charge in [0.05, 0.1) is 17.7 Å². The Morgan fingerprint density at radius 3 is 2.33 bits per heavy atom. The molecule has 1 aromatic rings. The molecule has 1 aromatic carbocycles. The summed E-state index contributed by atoms with van der Waals surface area (Å²) in [6, 6.07) is 9.28. The number of hydrogen-bond acceptors (Lipinski definition) is 3. The van der Waals surface area contributed by atoms with Crippen molar-refractivity contribution < 1.29 is 5.11 Å². The van der Waals surface area contributed by atoms with Gasteiger partial charge in [0, 0.05) is 19.6 Å². The smallest absolute Gasteiger partial charge is 0.0991 e. The number of aliphatic hydroxyl groups is 1. The van der Waals surface area contributed by atoms with E-state index in [4.69, 9.17) is 5.26 Å². The summed E-state index contributed by atoms with van der Waals surface area (Å²) in [6.45, 7) is 7.33. The summed E-state index contributed by atoms with van der Waals surface area (Å²) in [5.74, 6) is 1.41. The van der Waals surface area contributed by atoms with Crippen molar-refractivity contribution in [2.75, 3.05) is 19.6 Å². The minimum absolute atomic E-state index is 0.463. The summed E-state index contributed by atoms with van der Waals surface area (Å²) in [4.78, 5) is 2.32. The molecule has 3 nitrogen and oxygen atoms in total. The van der Waals surface area contributed by atoms with E-state index in [0.29, 0.717) is 23.9 Å². The van der Waals surface area contributed by atoms with E-state index in [0.717, 1.165) is 18.7 Å². The molecule has 1 aliphatic rings. The van der Waals surface area contributed by atoms with E-state index in [9.17, 15) is 5.11 Å². The molecule has 18 heavy (non-hydrogen) atoms. The van der Waals surface area contributed by atoms with Gasteiger partial charge in [-0.1, -0.05) is 26.0 Å². The molecular formula is C15H20N2O. The Balaban J connectivity index is 1.95. The predicted octanol–water partition coefficient (Wildman–Crippen LogP) is 2.18. The second-order valence-electron chi connectivity index (χ2n) is 5.42. The molecule has 0 aromatic heterocycles. The van der Waals surface area contributed by atoms with Gasteiger partial charge in [0.2, 0.25) is 0 Å². The van der Waals surface area contributed by atoms with Crippen molar-refractivity contribution in [3.63, 3.8) is 0 Å². The Kier molecular flexibility index (Phi) is 4.00. The quantitative estimate of drug-likeness (QED) is 0.886. The first-order chi connectivity index (χ1) is 8.60. The molecule has 2 rings (SSSR count). The van der Waals surface area contributed by atoms with Crippen LogP contribution < -0.4 is 0 Å². The minimum atomic E-state index is -0.463. The highest BCUT2D eigenvalue weighted by Gasteiger charge is 2.27. The maximum Gasteiger partial charge on any atom is 0.0991 e. The van der Waals surface area contributed by atoms with E-state index in [2.05, 4.69) is 24.8 Å². The van der Waals surface area contributed by atoms with Crippen LogP contribution in [-0.2, 0) is 0 Å². The molecule has 0 amide bonds. The molecule has 3 heteroatoms. The topological polar surface area (TPSA) is 47.3 Å². The summed E-state index contributed by atoms with van der Waals surface area (Å²) in [6.07, 6.45) is -0.463. The van der Waals surface area contributed by atoms with Crippen molar-refractivity contribution in [1.82, 2.24) is 4.90 Å². The van der Waals surface area contributed by atoms with E-state index in [-0.39, 0.29) is 0 Å². The van der Waals surface area contributed by atoms with Gasteiger partial charge in [-0.2, -0.15) is 5.26 Å². The Labute approximate surface area is 109 Å². The molecule has 1 aliphatic heterocycles. The van der Waals surface area contributed by atoms with E-state index >= 15 is 0 Å². The lowest BCUT2D eigenvalue weighted by molar-refractivity contribution is 0.123. The van der Waals surface area contributed by atoms with Crippen LogP contribution in [0.1, 0.15) is 31.1 Å². The molecule has 1 saturated heterocycles. The van der Waals surface area contributed by atoms with Crippen LogP contribution in [0.25, 0.3) is 0 Å². The highest BCUT2D eigenvalue weighted by atomic mass is 16.3. The number of hydrogen-bond donors (Lipinski definition) is 1. The Morgan fingerprint density at radius 1 is 1.28 bits per heavy atom. The summed E-state index contributed by atoms with van der Waals surface area (Å²) >= 11 is 0. The fourth-order valence-corrected chi connectivity index (χ4v) is 2.53. The van der Waals surface area contributed by atoms with Gasteiger partial charge in [-0.3, -0.25) is 4.90 Å². The fourth-order valence-electron chi connectivity index (χ4n) is 2.53. The molecule has 3 atom stereocenters.